The average molecular weight is 311 g/mol. The molecule has 0 bridgehead atoms. The minimum atomic E-state index is -1.12. The summed E-state index contributed by atoms with van der Waals surface area (Å²) in [5.74, 6) is 0. The van der Waals surface area contributed by atoms with Crippen molar-refractivity contribution in [3.05, 3.63) is 95.7 Å². The van der Waals surface area contributed by atoms with E-state index in [4.69, 9.17) is 0 Å². The molecule has 5 rings (SSSR count). The fraction of sp³-hybridized carbons (Fsp3) is 0.0909. The Morgan fingerprint density at radius 3 is 2.29 bits per heavy atom. The second-order valence-corrected chi connectivity index (χ2v) is 6.42. The molecular weight excluding hydrogens is 294 g/mol. The zero-order valence-corrected chi connectivity index (χ0v) is 13.4. The summed E-state index contributed by atoms with van der Waals surface area (Å²) in [5.41, 5.74) is 5.11. The van der Waals surface area contributed by atoms with Crippen LogP contribution in [-0.2, 0) is 12.6 Å². The monoisotopic (exact) mass is 311 g/mol. The largest absolute Gasteiger partial charge is 0.374 e. The van der Waals surface area contributed by atoms with Crippen molar-refractivity contribution in [1.29, 1.82) is 0 Å². The lowest BCUT2D eigenvalue weighted by Crippen LogP contribution is -2.28. The van der Waals surface area contributed by atoms with Crippen LogP contribution in [0.3, 0.4) is 0 Å². The molecule has 0 aliphatic heterocycles. The third-order valence-corrected chi connectivity index (χ3v) is 5.23. The zero-order valence-electron chi connectivity index (χ0n) is 13.4. The number of hydrogen-bond acceptors (Lipinski definition) is 1. The van der Waals surface area contributed by atoms with Crippen molar-refractivity contribution in [3.63, 3.8) is 0 Å². The molecular formula is C22H17NO. The molecule has 1 aromatic heterocycles. The van der Waals surface area contributed by atoms with Gasteiger partial charge in [0.2, 0.25) is 0 Å². The van der Waals surface area contributed by atoms with Gasteiger partial charge in [-0.05, 0) is 17.2 Å². The van der Waals surface area contributed by atoms with Crippen molar-refractivity contribution < 1.29 is 5.11 Å². The highest BCUT2D eigenvalue weighted by Gasteiger charge is 2.46. The smallest absolute Gasteiger partial charge is 0.156 e. The molecule has 0 amide bonds. The highest BCUT2D eigenvalue weighted by Crippen LogP contribution is 2.53. The quantitative estimate of drug-likeness (QED) is 0.552. The molecule has 1 aliphatic rings. The van der Waals surface area contributed by atoms with Gasteiger partial charge in [0.05, 0.1) is 5.69 Å². The number of aromatic nitrogens is 1. The summed E-state index contributed by atoms with van der Waals surface area (Å²) in [5, 5.41) is 13.1. The molecule has 0 spiro atoms. The molecule has 2 nitrogen and oxygen atoms in total. The van der Waals surface area contributed by atoms with Crippen molar-refractivity contribution in [2.45, 2.75) is 5.60 Å². The lowest BCUT2D eigenvalue weighted by atomic mass is 9.87. The van der Waals surface area contributed by atoms with E-state index in [9.17, 15) is 5.11 Å². The van der Waals surface area contributed by atoms with Crippen molar-refractivity contribution >= 4 is 10.9 Å². The molecule has 1 unspecified atom stereocenters. The van der Waals surface area contributed by atoms with Gasteiger partial charge in [0.15, 0.2) is 5.60 Å². The van der Waals surface area contributed by atoms with E-state index in [-0.39, 0.29) is 0 Å². The second kappa shape index (κ2) is 4.59. The van der Waals surface area contributed by atoms with Crippen LogP contribution in [0.15, 0.2) is 78.9 Å². The highest BCUT2D eigenvalue weighted by atomic mass is 16.3. The lowest BCUT2D eigenvalue weighted by Gasteiger charge is -2.27. The first-order chi connectivity index (χ1) is 11.7. The first-order valence-electron chi connectivity index (χ1n) is 8.18. The van der Waals surface area contributed by atoms with Gasteiger partial charge in [-0.3, -0.25) is 0 Å². The second-order valence-electron chi connectivity index (χ2n) is 6.42. The number of hydrogen-bond donors (Lipinski definition) is 1. The molecule has 0 saturated carbocycles. The molecule has 0 fully saturated rings. The standard InChI is InChI=1S/C22H17NO/c1-23-19-14-8-6-12-17(19)20-16-11-5-7-13-18(16)22(24,21(20)23)15-9-3-2-4-10-15/h2-14,24H,1H3. The minimum absolute atomic E-state index is 0.905. The maximum atomic E-state index is 11.9. The molecule has 116 valence electrons. The van der Waals surface area contributed by atoms with Gasteiger partial charge in [-0.15, -0.1) is 0 Å². The van der Waals surface area contributed by atoms with E-state index in [0.717, 1.165) is 33.5 Å². The Kier molecular flexibility index (Phi) is 2.60. The molecule has 0 radical (unpaired) electrons. The van der Waals surface area contributed by atoms with Crippen LogP contribution >= 0.6 is 0 Å². The van der Waals surface area contributed by atoms with E-state index >= 15 is 0 Å². The number of rotatable bonds is 1. The molecule has 4 aromatic rings. The Balaban J connectivity index is 1.99. The Hall–Kier alpha value is -2.84. The van der Waals surface area contributed by atoms with Crippen molar-refractivity contribution in [2.24, 2.45) is 7.05 Å². The zero-order chi connectivity index (χ0) is 16.3. The number of aryl methyl sites for hydroxylation is 1. The van der Waals surface area contributed by atoms with Gasteiger partial charge in [0, 0.05) is 29.1 Å². The highest BCUT2D eigenvalue weighted by molar-refractivity contribution is 6.02. The maximum absolute atomic E-state index is 11.9. The van der Waals surface area contributed by atoms with Crippen LogP contribution in [0.1, 0.15) is 16.8 Å². The summed E-state index contributed by atoms with van der Waals surface area (Å²) in [6.07, 6.45) is 0. The summed E-state index contributed by atoms with van der Waals surface area (Å²) in [6.45, 7) is 0. The molecule has 2 heteroatoms. The lowest BCUT2D eigenvalue weighted by molar-refractivity contribution is 0.123. The van der Waals surface area contributed by atoms with E-state index in [0.29, 0.717) is 0 Å². The Morgan fingerprint density at radius 1 is 0.792 bits per heavy atom. The van der Waals surface area contributed by atoms with E-state index in [1.165, 1.54) is 5.39 Å². The molecule has 1 N–H and O–H groups in total. The first-order valence-corrected chi connectivity index (χ1v) is 8.18. The summed E-state index contributed by atoms with van der Waals surface area (Å²) in [4.78, 5) is 0. The molecule has 1 heterocycles. The van der Waals surface area contributed by atoms with Gasteiger partial charge in [0.25, 0.3) is 0 Å². The van der Waals surface area contributed by atoms with Crippen LogP contribution in [-0.4, -0.2) is 9.67 Å². The molecule has 0 saturated heterocycles. The summed E-state index contributed by atoms with van der Waals surface area (Å²) in [6, 6.07) is 26.5. The van der Waals surface area contributed by atoms with Crippen molar-refractivity contribution in [3.8, 4) is 11.1 Å². The van der Waals surface area contributed by atoms with Crippen LogP contribution < -0.4 is 0 Å². The third-order valence-electron chi connectivity index (χ3n) is 5.23. The Morgan fingerprint density at radius 2 is 1.46 bits per heavy atom. The summed E-state index contributed by atoms with van der Waals surface area (Å²) in [7, 11) is 2.04. The number of nitrogens with zero attached hydrogens (tertiary/aromatic N) is 1. The van der Waals surface area contributed by atoms with Gasteiger partial charge >= 0.3 is 0 Å². The predicted molar refractivity (Wildman–Crippen MR) is 96.9 cm³/mol. The van der Waals surface area contributed by atoms with Gasteiger partial charge in [-0.25, -0.2) is 0 Å². The average Bonchev–Trinajstić information content (AvgIpc) is 3.09. The number of para-hydroxylation sites is 1. The van der Waals surface area contributed by atoms with Gasteiger partial charge in [-0.2, -0.15) is 0 Å². The summed E-state index contributed by atoms with van der Waals surface area (Å²) >= 11 is 0. The number of fused-ring (bicyclic) bond motifs is 5. The Bertz CT molecular complexity index is 1080. The topological polar surface area (TPSA) is 25.2 Å². The van der Waals surface area contributed by atoms with E-state index in [1.807, 2.05) is 61.6 Å². The molecule has 1 aliphatic carbocycles. The maximum Gasteiger partial charge on any atom is 0.156 e. The first kappa shape index (κ1) is 13.6. The van der Waals surface area contributed by atoms with Crippen LogP contribution in [0, 0.1) is 0 Å². The minimum Gasteiger partial charge on any atom is -0.374 e. The third kappa shape index (κ3) is 1.49. The number of benzene rings is 3. The molecule has 3 aromatic carbocycles. The SMILES string of the molecule is Cn1c2c(c3ccccc31)-c1ccccc1C2(O)c1ccccc1. The van der Waals surface area contributed by atoms with E-state index in [2.05, 4.69) is 28.8 Å². The molecule has 24 heavy (non-hydrogen) atoms. The van der Waals surface area contributed by atoms with Gasteiger partial charge in [0.1, 0.15) is 0 Å². The van der Waals surface area contributed by atoms with E-state index in [1.54, 1.807) is 0 Å². The molecule has 1 atom stereocenters. The van der Waals surface area contributed by atoms with Crippen LogP contribution in [0.2, 0.25) is 0 Å². The Labute approximate surface area is 140 Å². The normalized spacial score (nSPS) is 18.6. The van der Waals surface area contributed by atoms with Gasteiger partial charge in [-0.1, -0.05) is 72.8 Å². The van der Waals surface area contributed by atoms with Crippen LogP contribution in [0.25, 0.3) is 22.0 Å². The van der Waals surface area contributed by atoms with Crippen molar-refractivity contribution in [1.82, 2.24) is 4.57 Å². The fourth-order valence-corrected chi connectivity index (χ4v) is 4.21. The van der Waals surface area contributed by atoms with Crippen LogP contribution in [0.4, 0.5) is 0 Å². The predicted octanol–water partition coefficient (Wildman–Crippen LogP) is 4.44. The fourth-order valence-electron chi connectivity index (χ4n) is 4.21. The summed E-state index contributed by atoms with van der Waals surface area (Å²) < 4.78 is 2.14. The van der Waals surface area contributed by atoms with Crippen molar-refractivity contribution in [2.75, 3.05) is 0 Å². The van der Waals surface area contributed by atoms with E-state index < -0.39 is 5.60 Å². The number of aliphatic hydroxyl groups is 1. The van der Waals surface area contributed by atoms with Gasteiger partial charge < -0.3 is 9.67 Å². The van der Waals surface area contributed by atoms with Crippen LogP contribution in [0.5, 0.6) is 0 Å².